The molecule has 29 heavy (non-hydrogen) atoms. The highest BCUT2D eigenvalue weighted by molar-refractivity contribution is 5.86. The SMILES string of the molecule is COc1ccc(C(OCCN(C)C)c2cccc3ccccc23)c(OC)c1OC. The molecule has 0 amide bonds. The van der Waals surface area contributed by atoms with E-state index in [1.54, 1.807) is 21.3 Å². The van der Waals surface area contributed by atoms with Crippen molar-refractivity contribution < 1.29 is 18.9 Å². The summed E-state index contributed by atoms with van der Waals surface area (Å²) in [5.41, 5.74) is 1.99. The Morgan fingerprint density at radius 1 is 0.759 bits per heavy atom. The van der Waals surface area contributed by atoms with Crippen LogP contribution in [-0.2, 0) is 4.74 Å². The zero-order valence-electron chi connectivity index (χ0n) is 17.8. The molecule has 0 spiro atoms. The van der Waals surface area contributed by atoms with Gasteiger partial charge in [0.25, 0.3) is 0 Å². The van der Waals surface area contributed by atoms with Crippen LogP contribution in [0.4, 0.5) is 0 Å². The molecule has 0 saturated heterocycles. The molecule has 0 radical (unpaired) electrons. The molecule has 0 aliphatic heterocycles. The van der Waals surface area contributed by atoms with Crippen molar-refractivity contribution in [3.05, 3.63) is 65.7 Å². The molecule has 0 aliphatic carbocycles. The van der Waals surface area contributed by atoms with Gasteiger partial charge in [0.1, 0.15) is 6.10 Å². The van der Waals surface area contributed by atoms with Crippen molar-refractivity contribution in [1.29, 1.82) is 0 Å². The molecule has 0 heterocycles. The lowest BCUT2D eigenvalue weighted by molar-refractivity contribution is 0.0677. The summed E-state index contributed by atoms with van der Waals surface area (Å²) in [5, 5.41) is 2.33. The molecule has 0 aromatic heterocycles. The Labute approximate surface area is 172 Å². The second-order valence-electron chi connectivity index (χ2n) is 7.05. The van der Waals surface area contributed by atoms with Gasteiger partial charge in [-0.3, -0.25) is 0 Å². The van der Waals surface area contributed by atoms with Crippen LogP contribution in [0, 0.1) is 0 Å². The van der Waals surface area contributed by atoms with Crippen molar-refractivity contribution in [3.63, 3.8) is 0 Å². The maximum absolute atomic E-state index is 6.43. The van der Waals surface area contributed by atoms with Crippen molar-refractivity contribution in [2.45, 2.75) is 6.10 Å². The molecule has 0 aliphatic rings. The summed E-state index contributed by atoms with van der Waals surface area (Å²) in [6.45, 7) is 1.40. The third-order valence-corrected chi connectivity index (χ3v) is 4.95. The largest absolute Gasteiger partial charge is 0.493 e. The normalized spacial score (nSPS) is 12.2. The Bertz CT molecular complexity index is 950. The molecule has 5 nitrogen and oxygen atoms in total. The lowest BCUT2D eigenvalue weighted by Crippen LogP contribution is -2.20. The first-order valence-corrected chi connectivity index (χ1v) is 9.63. The van der Waals surface area contributed by atoms with Gasteiger partial charge in [-0.25, -0.2) is 0 Å². The van der Waals surface area contributed by atoms with E-state index >= 15 is 0 Å². The molecule has 1 unspecified atom stereocenters. The van der Waals surface area contributed by atoms with Crippen LogP contribution in [-0.4, -0.2) is 53.5 Å². The predicted molar refractivity (Wildman–Crippen MR) is 116 cm³/mol. The Morgan fingerprint density at radius 2 is 1.48 bits per heavy atom. The van der Waals surface area contributed by atoms with Gasteiger partial charge in [-0.1, -0.05) is 42.5 Å². The highest BCUT2D eigenvalue weighted by Gasteiger charge is 2.25. The summed E-state index contributed by atoms with van der Waals surface area (Å²) in [4.78, 5) is 2.10. The zero-order valence-corrected chi connectivity index (χ0v) is 17.8. The molecule has 3 aromatic carbocycles. The molecule has 3 aromatic rings. The average molecular weight is 395 g/mol. The van der Waals surface area contributed by atoms with Gasteiger partial charge in [-0.15, -0.1) is 0 Å². The minimum atomic E-state index is -0.309. The Morgan fingerprint density at radius 3 is 2.17 bits per heavy atom. The number of fused-ring (bicyclic) bond motifs is 1. The van der Waals surface area contributed by atoms with Crippen molar-refractivity contribution >= 4 is 10.8 Å². The van der Waals surface area contributed by atoms with Crippen molar-refractivity contribution in [1.82, 2.24) is 4.90 Å². The van der Waals surface area contributed by atoms with Crippen molar-refractivity contribution in [2.75, 3.05) is 48.6 Å². The molecule has 1 atom stereocenters. The number of nitrogens with zero attached hydrogens (tertiary/aromatic N) is 1. The van der Waals surface area contributed by atoms with E-state index < -0.39 is 0 Å². The number of ether oxygens (including phenoxy) is 4. The zero-order chi connectivity index (χ0) is 20.8. The average Bonchev–Trinajstić information content (AvgIpc) is 2.75. The molecule has 3 rings (SSSR count). The third kappa shape index (κ3) is 4.47. The number of hydrogen-bond donors (Lipinski definition) is 0. The van der Waals surface area contributed by atoms with E-state index in [-0.39, 0.29) is 6.10 Å². The predicted octanol–water partition coefficient (Wildman–Crippen LogP) is 4.53. The van der Waals surface area contributed by atoms with Gasteiger partial charge >= 0.3 is 0 Å². The highest BCUT2D eigenvalue weighted by Crippen LogP contribution is 2.45. The van der Waals surface area contributed by atoms with Crippen LogP contribution in [0.5, 0.6) is 17.2 Å². The Kier molecular flexibility index (Phi) is 6.96. The van der Waals surface area contributed by atoms with E-state index in [4.69, 9.17) is 18.9 Å². The molecule has 0 fully saturated rings. The second-order valence-corrected chi connectivity index (χ2v) is 7.05. The Hall–Kier alpha value is -2.76. The first-order valence-electron chi connectivity index (χ1n) is 9.63. The van der Waals surface area contributed by atoms with Crippen molar-refractivity contribution in [3.8, 4) is 17.2 Å². The number of rotatable bonds is 9. The van der Waals surface area contributed by atoms with Crippen LogP contribution in [0.3, 0.4) is 0 Å². The molecule has 0 saturated carbocycles. The maximum Gasteiger partial charge on any atom is 0.203 e. The fourth-order valence-corrected chi connectivity index (χ4v) is 3.51. The van der Waals surface area contributed by atoms with Gasteiger partial charge in [-0.2, -0.15) is 0 Å². The van der Waals surface area contributed by atoms with E-state index in [9.17, 15) is 0 Å². The van der Waals surface area contributed by atoms with Crippen LogP contribution in [0.25, 0.3) is 10.8 Å². The van der Waals surface area contributed by atoms with Gasteiger partial charge in [0.2, 0.25) is 5.75 Å². The molecule has 154 valence electrons. The van der Waals surface area contributed by atoms with Crippen LogP contribution < -0.4 is 14.2 Å². The molecule has 0 bridgehead atoms. The van der Waals surface area contributed by atoms with Crippen molar-refractivity contribution in [2.24, 2.45) is 0 Å². The minimum Gasteiger partial charge on any atom is -0.493 e. The van der Waals surface area contributed by atoms with E-state index in [2.05, 4.69) is 41.3 Å². The quantitative estimate of drug-likeness (QED) is 0.532. The summed E-state index contributed by atoms with van der Waals surface area (Å²) in [5.74, 6) is 1.81. The van der Waals surface area contributed by atoms with Crippen LogP contribution in [0.2, 0.25) is 0 Å². The van der Waals surface area contributed by atoms with Crippen LogP contribution >= 0.6 is 0 Å². The molecular formula is C24H29NO4. The molecule has 0 N–H and O–H groups in total. The molecule has 5 heteroatoms. The number of methoxy groups -OCH3 is 3. The number of likely N-dealkylation sites (N-methyl/N-ethyl adjacent to an activating group) is 1. The van der Waals surface area contributed by atoms with E-state index in [1.807, 2.05) is 32.3 Å². The summed E-state index contributed by atoms with van der Waals surface area (Å²) < 4.78 is 23.2. The standard InChI is InChI=1S/C24H29NO4/c1-25(2)15-16-29-22(19-12-8-10-17-9-6-7-11-18(17)19)20-13-14-21(26-3)24(28-5)23(20)27-4/h6-14,22H,15-16H2,1-5H3. The third-order valence-electron chi connectivity index (χ3n) is 4.95. The minimum absolute atomic E-state index is 0.309. The van der Waals surface area contributed by atoms with E-state index in [0.717, 1.165) is 23.1 Å². The summed E-state index contributed by atoms with van der Waals surface area (Å²) in [7, 11) is 8.94. The summed E-state index contributed by atoms with van der Waals surface area (Å²) in [6.07, 6.45) is -0.309. The summed E-state index contributed by atoms with van der Waals surface area (Å²) >= 11 is 0. The number of hydrogen-bond acceptors (Lipinski definition) is 5. The van der Waals surface area contributed by atoms with Gasteiger partial charge in [-0.05, 0) is 42.6 Å². The van der Waals surface area contributed by atoms with E-state index in [0.29, 0.717) is 23.9 Å². The fourth-order valence-electron chi connectivity index (χ4n) is 3.51. The lowest BCUT2D eigenvalue weighted by Gasteiger charge is -2.25. The van der Waals surface area contributed by atoms with Crippen LogP contribution in [0.15, 0.2) is 54.6 Å². The Balaban J connectivity index is 2.16. The van der Waals surface area contributed by atoms with Gasteiger partial charge in [0.05, 0.1) is 27.9 Å². The van der Waals surface area contributed by atoms with Gasteiger partial charge in [0, 0.05) is 12.1 Å². The van der Waals surface area contributed by atoms with Gasteiger partial charge in [0.15, 0.2) is 11.5 Å². The fraction of sp³-hybridized carbons (Fsp3) is 0.333. The van der Waals surface area contributed by atoms with E-state index in [1.165, 1.54) is 5.39 Å². The first kappa shape index (κ1) is 21.0. The second kappa shape index (κ2) is 9.63. The monoisotopic (exact) mass is 395 g/mol. The lowest BCUT2D eigenvalue weighted by atomic mass is 9.94. The number of benzene rings is 3. The van der Waals surface area contributed by atoms with Crippen LogP contribution in [0.1, 0.15) is 17.2 Å². The highest BCUT2D eigenvalue weighted by atomic mass is 16.5. The summed E-state index contributed by atoms with van der Waals surface area (Å²) in [6, 6.07) is 18.5. The topological polar surface area (TPSA) is 40.2 Å². The smallest absolute Gasteiger partial charge is 0.203 e. The maximum atomic E-state index is 6.43. The van der Waals surface area contributed by atoms with Gasteiger partial charge < -0.3 is 23.8 Å². The molecular weight excluding hydrogens is 366 g/mol. The first-order chi connectivity index (χ1) is 14.1.